The molecule has 3 aliphatic rings. The lowest BCUT2D eigenvalue weighted by Crippen LogP contribution is -2.31. The summed E-state index contributed by atoms with van der Waals surface area (Å²) in [5.74, 6) is -4.88. The molecule has 5 atom stereocenters. The molecule has 0 N–H and O–H groups in total. The van der Waals surface area contributed by atoms with Crippen molar-refractivity contribution in [2.45, 2.75) is 82.7 Å². The minimum atomic E-state index is -3.45. The topological polar surface area (TPSA) is 61.8 Å². The quantitative estimate of drug-likeness (QED) is 0.469. The maximum absolute atomic E-state index is 13.9. The molecule has 2 aliphatic heterocycles. The first-order chi connectivity index (χ1) is 12.9. The number of carbonyl (C=O) groups is 2. The number of alkyl halides is 2. The van der Waals surface area contributed by atoms with Crippen molar-refractivity contribution in [3.63, 3.8) is 0 Å². The summed E-state index contributed by atoms with van der Waals surface area (Å²) in [6.07, 6.45) is 5.68. The van der Waals surface area contributed by atoms with Gasteiger partial charge in [-0.15, -0.1) is 0 Å². The van der Waals surface area contributed by atoms with E-state index in [0.717, 1.165) is 19.3 Å². The second-order valence-corrected chi connectivity index (χ2v) is 7.70. The average Bonchev–Trinajstić information content (AvgIpc) is 3.12. The van der Waals surface area contributed by atoms with E-state index in [2.05, 4.69) is 0 Å². The van der Waals surface area contributed by atoms with E-state index in [4.69, 9.17) is 14.2 Å². The van der Waals surface area contributed by atoms with Gasteiger partial charge in [-0.3, -0.25) is 9.59 Å². The normalized spacial score (nSPS) is 34.0. The molecule has 0 bridgehead atoms. The number of halogens is 2. The SMILES string of the molecule is CCCC(=O)C(F)(F)C=CC[C@@H]1[C@H]2CC(=O)O[C@H]2C[C@H]1OC1CCCCO1. The fraction of sp³-hybridized carbons (Fsp3) is 0.800. The van der Waals surface area contributed by atoms with E-state index in [0.29, 0.717) is 38.4 Å². The number of carbonyl (C=O) groups excluding carboxylic acids is 2. The van der Waals surface area contributed by atoms with Crippen molar-refractivity contribution in [2.24, 2.45) is 11.8 Å². The number of hydrogen-bond acceptors (Lipinski definition) is 5. The van der Waals surface area contributed by atoms with Crippen LogP contribution in [-0.4, -0.2) is 42.8 Å². The van der Waals surface area contributed by atoms with Crippen molar-refractivity contribution in [2.75, 3.05) is 6.61 Å². The van der Waals surface area contributed by atoms with Crippen molar-refractivity contribution in [1.82, 2.24) is 0 Å². The molecule has 2 heterocycles. The van der Waals surface area contributed by atoms with Crippen LogP contribution in [0.3, 0.4) is 0 Å². The molecule has 0 spiro atoms. The maximum atomic E-state index is 13.9. The van der Waals surface area contributed by atoms with E-state index in [9.17, 15) is 18.4 Å². The third-order valence-corrected chi connectivity index (χ3v) is 5.70. The monoisotopic (exact) mass is 386 g/mol. The lowest BCUT2D eigenvalue weighted by molar-refractivity contribution is -0.196. The van der Waals surface area contributed by atoms with Gasteiger partial charge in [0.15, 0.2) is 6.29 Å². The molecule has 2 saturated heterocycles. The molecule has 1 unspecified atom stereocenters. The zero-order valence-corrected chi connectivity index (χ0v) is 15.7. The number of Topliss-reactive ketones (excluding diaryl/α,β-unsaturated/α-hetero) is 1. The number of rotatable bonds is 8. The largest absolute Gasteiger partial charge is 0.462 e. The van der Waals surface area contributed by atoms with Gasteiger partial charge in [0.2, 0.25) is 5.78 Å². The molecule has 1 aliphatic carbocycles. The fourth-order valence-corrected chi connectivity index (χ4v) is 4.31. The first-order valence-electron chi connectivity index (χ1n) is 9.96. The van der Waals surface area contributed by atoms with E-state index < -0.39 is 11.7 Å². The third-order valence-electron chi connectivity index (χ3n) is 5.70. The number of hydrogen-bond donors (Lipinski definition) is 0. The molecular weight excluding hydrogens is 358 g/mol. The van der Waals surface area contributed by atoms with Crippen LogP contribution >= 0.6 is 0 Å². The zero-order valence-electron chi connectivity index (χ0n) is 15.7. The first-order valence-corrected chi connectivity index (χ1v) is 9.96. The average molecular weight is 386 g/mol. The zero-order chi connectivity index (χ0) is 19.4. The Morgan fingerprint density at radius 1 is 1.37 bits per heavy atom. The number of esters is 1. The Morgan fingerprint density at radius 2 is 2.19 bits per heavy atom. The second-order valence-electron chi connectivity index (χ2n) is 7.70. The second kappa shape index (κ2) is 8.78. The van der Waals surface area contributed by atoms with Crippen LogP contribution < -0.4 is 0 Å². The van der Waals surface area contributed by atoms with Gasteiger partial charge in [-0.1, -0.05) is 13.0 Å². The molecule has 3 rings (SSSR count). The summed E-state index contributed by atoms with van der Waals surface area (Å²) < 4.78 is 44.9. The van der Waals surface area contributed by atoms with Crippen molar-refractivity contribution < 1.29 is 32.6 Å². The van der Waals surface area contributed by atoms with Gasteiger partial charge in [0, 0.05) is 25.4 Å². The third kappa shape index (κ3) is 4.93. The van der Waals surface area contributed by atoms with E-state index in [-0.39, 0.29) is 42.7 Å². The lowest BCUT2D eigenvalue weighted by Gasteiger charge is -2.29. The van der Waals surface area contributed by atoms with Gasteiger partial charge in [0.25, 0.3) is 0 Å². The highest BCUT2D eigenvalue weighted by atomic mass is 19.3. The molecule has 5 nitrogen and oxygen atoms in total. The molecule has 0 aromatic rings. The number of ether oxygens (including phenoxy) is 3. The molecule has 152 valence electrons. The molecule has 0 aromatic heterocycles. The highest BCUT2D eigenvalue weighted by Gasteiger charge is 2.50. The molecule has 27 heavy (non-hydrogen) atoms. The van der Waals surface area contributed by atoms with Crippen molar-refractivity contribution >= 4 is 11.8 Å². The highest BCUT2D eigenvalue weighted by Crippen LogP contribution is 2.45. The summed E-state index contributed by atoms with van der Waals surface area (Å²) in [6.45, 7) is 2.36. The van der Waals surface area contributed by atoms with E-state index in [1.54, 1.807) is 6.92 Å². The minimum Gasteiger partial charge on any atom is -0.462 e. The number of fused-ring (bicyclic) bond motifs is 1. The summed E-state index contributed by atoms with van der Waals surface area (Å²) >= 11 is 0. The van der Waals surface area contributed by atoms with Gasteiger partial charge >= 0.3 is 11.9 Å². The molecule has 3 fully saturated rings. The molecule has 0 amide bonds. The van der Waals surface area contributed by atoms with Gasteiger partial charge in [-0.2, -0.15) is 8.78 Å². The Kier molecular flexibility index (Phi) is 6.63. The number of ketones is 1. The predicted molar refractivity (Wildman–Crippen MR) is 93.2 cm³/mol. The van der Waals surface area contributed by atoms with Crippen LogP contribution in [0.5, 0.6) is 0 Å². The van der Waals surface area contributed by atoms with Crippen LogP contribution in [0.25, 0.3) is 0 Å². The van der Waals surface area contributed by atoms with Crippen LogP contribution in [0.1, 0.15) is 58.3 Å². The van der Waals surface area contributed by atoms with E-state index in [1.807, 2.05) is 0 Å². The first kappa shape index (κ1) is 20.4. The Hall–Kier alpha value is -1.34. The van der Waals surface area contributed by atoms with Gasteiger partial charge < -0.3 is 14.2 Å². The van der Waals surface area contributed by atoms with Crippen LogP contribution in [0.4, 0.5) is 8.78 Å². The Morgan fingerprint density at radius 3 is 2.89 bits per heavy atom. The van der Waals surface area contributed by atoms with E-state index in [1.165, 1.54) is 6.08 Å². The standard InChI is InChI=1S/C20H28F2O5/c1-2-6-17(23)20(21,22)9-5-7-13-14-11-18(24)26-16(14)12-15(13)27-19-8-3-4-10-25-19/h5,9,13-16,19H,2-4,6-8,10-12H2,1H3/t13-,14-,15-,16+,19?/m1/s1. The smallest absolute Gasteiger partial charge is 0.323 e. The van der Waals surface area contributed by atoms with Gasteiger partial charge in [-0.05, 0) is 44.1 Å². The molecule has 0 radical (unpaired) electrons. The summed E-state index contributed by atoms with van der Waals surface area (Å²) in [5.41, 5.74) is 0. The van der Waals surface area contributed by atoms with Crippen LogP contribution in [0, 0.1) is 11.8 Å². The molecule has 0 aromatic carbocycles. The number of allylic oxidation sites excluding steroid dienone is 2. The van der Waals surface area contributed by atoms with E-state index >= 15 is 0 Å². The summed E-state index contributed by atoms with van der Waals surface area (Å²) in [5, 5.41) is 0. The highest BCUT2D eigenvalue weighted by molar-refractivity contribution is 5.87. The maximum Gasteiger partial charge on any atom is 0.323 e. The fourth-order valence-electron chi connectivity index (χ4n) is 4.31. The Labute approximate surface area is 158 Å². The Bertz CT molecular complexity index is 571. The van der Waals surface area contributed by atoms with Gasteiger partial charge in [-0.25, -0.2) is 0 Å². The van der Waals surface area contributed by atoms with Crippen molar-refractivity contribution in [3.8, 4) is 0 Å². The lowest BCUT2D eigenvalue weighted by atomic mass is 9.89. The van der Waals surface area contributed by atoms with Crippen molar-refractivity contribution in [1.29, 1.82) is 0 Å². The summed E-state index contributed by atoms with van der Waals surface area (Å²) in [6, 6.07) is 0. The van der Waals surface area contributed by atoms with Crippen LogP contribution in [0.15, 0.2) is 12.2 Å². The van der Waals surface area contributed by atoms with Gasteiger partial charge in [0.1, 0.15) is 6.10 Å². The summed E-state index contributed by atoms with van der Waals surface area (Å²) in [7, 11) is 0. The minimum absolute atomic E-state index is 0.0318. The Balaban J connectivity index is 1.64. The predicted octanol–water partition coefficient (Wildman–Crippen LogP) is 3.80. The van der Waals surface area contributed by atoms with Gasteiger partial charge in [0.05, 0.1) is 12.5 Å². The van der Waals surface area contributed by atoms with Crippen molar-refractivity contribution in [3.05, 3.63) is 12.2 Å². The molecule has 7 heteroatoms. The molecular formula is C20H28F2O5. The van der Waals surface area contributed by atoms with Crippen LogP contribution in [0.2, 0.25) is 0 Å². The summed E-state index contributed by atoms with van der Waals surface area (Å²) in [4.78, 5) is 23.2. The van der Waals surface area contributed by atoms with Crippen LogP contribution in [-0.2, 0) is 23.8 Å². The molecule has 1 saturated carbocycles.